The Morgan fingerprint density at radius 2 is 1.39 bits per heavy atom. The Morgan fingerprint density at radius 1 is 0.913 bits per heavy atom. The van der Waals surface area contributed by atoms with Crippen molar-refractivity contribution < 1.29 is 4.43 Å². The van der Waals surface area contributed by atoms with Crippen LogP contribution in [0.15, 0.2) is 72.8 Å². The molecule has 0 saturated heterocycles. The van der Waals surface area contributed by atoms with E-state index in [-0.39, 0.29) is 5.04 Å². The molecule has 23 heavy (non-hydrogen) atoms. The van der Waals surface area contributed by atoms with Crippen molar-refractivity contribution in [2.45, 2.75) is 32.2 Å². The first-order valence-corrected chi connectivity index (χ1v) is 10.4. The van der Waals surface area contributed by atoms with Crippen LogP contribution in [0.1, 0.15) is 27.2 Å². The number of allylic oxidation sites excluding steroid dienone is 1. The molecule has 2 heteroatoms. The Bertz CT molecular complexity index is 616. The number of rotatable bonds is 5. The van der Waals surface area contributed by atoms with Crippen LogP contribution in [0.3, 0.4) is 0 Å². The topological polar surface area (TPSA) is 9.23 Å². The van der Waals surface area contributed by atoms with Crippen molar-refractivity contribution in [2.75, 3.05) is 6.61 Å². The molecule has 0 saturated carbocycles. The largest absolute Gasteiger partial charge is 0.407 e. The maximum absolute atomic E-state index is 6.86. The van der Waals surface area contributed by atoms with E-state index < -0.39 is 8.32 Å². The van der Waals surface area contributed by atoms with Gasteiger partial charge in [-0.15, -0.1) is 0 Å². The minimum absolute atomic E-state index is 0.0726. The summed E-state index contributed by atoms with van der Waals surface area (Å²) < 4.78 is 6.86. The summed E-state index contributed by atoms with van der Waals surface area (Å²) in [6, 6.07) is 21.7. The van der Waals surface area contributed by atoms with Gasteiger partial charge in [0.2, 0.25) is 0 Å². The average Bonchev–Trinajstić information content (AvgIpc) is 2.50. The van der Waals surface area contributed by atoms with E-state index in [4.69, 9.17) is 4.43 Å². The molecule has 2 aromatic carbocycles. The van der Waals surface area contributed by atoms with Crippen LogP contribution in [-0.4, -0.2) is 14.9 Å². The molecule has 0 aliphatic heterocycles. The van der Waals surface area contributed by atoms with Gasteiger partial charge in [-0.3, -0.25) is 0 Å². The molecular formula is C21H26OSi. The third kappa shape index (κ3) is 3.06. The second kappa shape index (κ2) is 6.46. The molecule has 0 bridgehead atoms. The Balaban J connectivity index is 2.10. The van der Waals surface area contributed by atoms with Gasteiger partial charge in [0.1, 0.15) is 0 Å². The van der Waals surface area contributed by atoms with E-state index in [9.17, 15) is 0 Å². The maximum Gasteiger partial charge on any atom is 0.261 e. The van der Waals surface area contributed by atoms with Gasteiger partial charge >= 0.3 is 0 Å². The fourth-order valence-corrected chi connectivity index (χ4v) is 8.07. The molecule has 1 aliphatic carbocycles. The van der Waals surface area contributed by atoms with E-state index in [1.54, 1.807) is 0 Å². The molecule has 0 spiro atoms. The first-order valence-electron chi connectivity index (χ1n) is 8.46. The summed E-state index contributed by atoms with van der Waals surface area (Å²) in [4.78, 5) is 0. The van der Waals surface area contributed by atoms with Crippen molar-refractivity contribution in [1.82, 2.24) is 0 Å². The van der Waals surface area contributed by atoms with Crippen LogP contribution in [-0.2, 0) is 4.43 Å². The highest BCUT2D eigenvalue weighted by Gasteiger charge is 2.50. The highest BCUT2D eigenvalue weighted by molar-refractivity contribution is 6.99. The minimum Gasteiger partial charge on any atom is -0.407 e. The second-order valence-electron chi connectivity index (χ2n) is 7.40. The predicted octanol–water partition coefficient (Wildman–Crippen LogP) is 4.14. The van der Waals surface area contributed by atoms with Crippen molar-refractivity contribution in [3.05, 3.63) is 72.8 Å². The van der Waals surface area contributed by atoms with Gasteiger partial charge in [0.15, 0.2) is 0 Å². The van der Waals surface area contributed by atoms with Crippen molar-refractivity contribution in [2.24, 2.45) is 5.92 Å². The van der Waals surface area contributed by atoms with Crippen LogP contribution in [0.5, 0.6) is 0 Å². The van der Waals surface area contributed by atoms with Crippen LogP contribution >= 0.6 is 0 Å². The van der Waals surface area contributed by atoms with Gasteiger partial charge in [0, 0.05) is 12.5 Å². The summed E-state index contributed by atoms with van der Waals surface area (Å²) in [7, 11) is -2.33. The van der Waals surface area contributed by atoms with Gasteiger partial charge in [-0.05, 0) is 21.8 Å². The molecule has 0 radical (unpaired) electrons. The predicted molar refractivity (Wildman–Crippen MR) is 101 cm³/mol. The lowest BCUT2D eigenvalue weighted by Gasteiger charge is -2.44. The highest BCUT2D eigenvalue weighted by atomic mass is 28.4. The normalized spacial score (nSPS) is 17.8. The molecular weight excluding hydrogens is 296 g/mol. The van der Waals surface area contributed by atoms with Gasteiger partial charge in [-0.25, -0.2) is 0 Å². The molecule has 0 N–H and O–H groups in total. The molecule has 1 atom stereocenters. The van der Waals surface area contributed by atoms with Crippen molar-refractivity contribution in [1.29, 1.82) is 0 Å². The van der Waals surface area contributed by atoms with E-state index in [2.05, 4.69) is 93.6 Å². The van der Waals surface area contributed by atoms with Crippen LogP contribution in [0.2, 0.25) is 5.04 Å². The lowest BCUT2D eigenvalue weighted by Crippen LogP contribution is -2.66. The molecule has 1 unspecified atom stereocenters. The molecule has 120 valence electrons. The van der Waals surface area contributed by atoms with E-state index in [0.717, 1.165) is 13.0 Å². The summed E-state index contributed by atoms with van der Waals surface area (Å²) in [5.41, 5.74) is 0. The summed E-state index contributed by atoms with van der Waals surface area (Å²) in [6.07, 6.45) is 5.66. The van der Waals surface area contributed by atoms with Gasteiger partial charge < -0.3 is 4.43 Å². The van der Waals surface area contributed by atoms with Crippen molar-refractivity contribution in [3.8, 4) is 0 Å². The van der Waals surface area contributed by atoms with Crippen LogP contribution in [0.4, 0.5) is 0 Å². The van der Waals surface area contributed by atoms with Gasteiger partial charge in [0.25, 0.3) is 8.32 Å². The molecule has 0 fully saturated rings. The highest BCUT2D eigenvalue weighted by Crippen LogP contribution is 2.37. The smallest absolute Gasteiger partial charge is 0.261 e. The molecule has 1 nitrogen and oxygen atoms in total. The third-order valence-corrected chi connectivity index (χ3v) is 9.78. The molecule has 1 aliphatic rings. The average molecular weight is 323 g/mol. The Kier molecular flexibility index (Phi) is 4.56. The fourth-order valence-electron chi connectivity index (χ4n) is 3.45. The molecule has 0 aromatic heterocycles. The van der Waals surface area contributed by atoms with Crippen LogP contribution in [0.25, 0.3) is 0 Å². The van der Waals surface area contributed by atoms with Crippen LogP contribution < -0.4 is 10.4 Å². The van der Waals surface area contributed by atoms with Gasteiger partial charge in [-0.1, -0.05) is 93.6 Å². The summed E-state index contributed by atoms with van der Waals surface area (Å²) >= 11 is 0. The summed E-state index contributed by atoms with van der Waals surface area (Å²) in [5.74, 6) is 0.580. The third-order valence-electron chi connectivity index (χ3n) is 4.78. The lowest BCUT2D eigenvalue weighted by atomic mass is 9.97. The van der Waals surface area contributed by atoms with Gasteiger partial charge in [-0.2, -0.15) is 0 Å². The standard InChI is InChI=1S/C21H26OSi/c1-21(2,3)23(19-13-6-4-7-14-19,20-15-8-5-9-16-20)22-17-18-11-10-12-18/h4-11,13-16,18H,12,17H2,1-3H3. The van der Waals surface area contributed by atoms with E-state index >= 15 is 0 Å². The quantitative estimate of drug-likeness (QED) is 0.594. The first kappa shape index (κ1) is 16.2. The van der Waals surface area contributed by atoms with Crippen molar-refractivity contribution >= 4 is 18.7 Å². The summed E-state index contributed by atoms with van der Waals surface area (Å²) in [6.45, 7) is 7.81. The SMILES string of the molecule is CC(C)(C)[Si](OCC1C=CC1)(c1ccccc1)c1ccccc1. The zero-order valence-electron chi connectivity index (χ0n) is 14.3. The lowest BCUT2D eigenvalue weighted by molar-refractivity contribution is 0.252. The van der Waals surface area contributed by atoms with Gasteiger partial charge in [0.05, 0.1) is 0 Å². The Labute approximate surface area is 141 Å². The van der Waals surface area contributed by atoms with Crippen molar-refractivity contribution in [3.63, 3.8) is 0 Å². The molecule has 3 rings (SSSR count). The molecule has 0 amide bonds. The van der Waals surface area contributed by atoms with Crippen LogP contribution in [0, 0.1) is 5.92 Å². The number of hydrogen-bond acceptors (Lipinski definition) is 1. The second-order valence-corrected chi connectivity index (χ2v) is 11.7. The zero-order valence-corrected chi connectivity index (χ0v) is 15.3. The van der Waals surface area contributed by atoms with E-state index in [1.807, 2.05) is 0 Å². The Morgan fingerprint density at radius 3 is 1.74 bits per heavy atom. The number of hydrogen-bond donors (Lipinski definition) is 0. The van der Waals surface area contributed by atoms with E-state index in [0.29, 0.717) is 5.92 Å². The zero-order chi connectivity index (χ0) is 16.3. The minimum atomic E-state index is -2.33. The first-order chi connectivity index (χ1) is 11.0. The maximum atomic E-state index is 6.86. The summed E-state index contributed by atoms with van der Waals surface area (Å²) in [5, 5.41) is 2.80. The number of benzene rings is 2. The monoisotopic (exact) mass is 322 g/mol. The fraction of sp³-hybridized carbons (Fsp3) is 0.333. The Hall–Kier alpha value is -1.64. The molecule has 0 heterocycles. The van der Waals surface area contributed by atoms with E-state index in [1.165, 1.54) is 10.4 Å². The molecule has 2 aromatic rings.